The fourth-order valence-corrected chi connectivity index (χ4v) is 3.11. The summed E-state index contributed by atoms with van der Waals surface area (Å²) in [5.74, 6) is -0.391. The van der Waals surface area contributed by atoms with Crippen LogP contribution in [0.2, 0.25) is 0 Å². The number of benzene rings is 1. The normalized spacial score (nSPS) is 15.7. The van der Waals surface area contributed by atoms with Crippen LogP contribution in [0.1, 0.15) is 29.0 Å². The summed E-state index contributed by atoms with van der Waals surface area (Å²) in [5.41, 5.74) is 2.24. The van der Waals surface area contributed by atoms with E-state index in [1.54, 1.807) is 12.1 Å². The summed E-state index contributed by atoms with van der Waals surface area (Å²) in [4.78, 5) is 14.5. The number of nitrogens with one attached hydrogen (secondary N) is 2. The first-order valence-electron chi connectivity index (χ1n) is 7.56. The van der Waals surface area contributed by atoms with Crippen molar-refractivity contribution < 1.29 is 9.18 Å². The number of rotatable bonds is 3. The highest BCUT2D eigenvalue weighted by atomic mass is 79.9. The van der Waals surface area contributed by atoms with E-state index in [2.05, 4.69) is 36.3 Å². The second-order valence-electron chi connectivity index (χ2n) is 5.72. The summed E-state index contributed by atoms with van der Waals surface area (Å²) in [6.45, 7) is 3.52. The Hall–Kier alpha value is -1.89. The van der Waals surface area contributed by atoms with Crippen molar-refractivity contribution in [3.63, 3.8) is 0 Å². The third-order valence-corrected chi connectivity index (χ3v) is 5.08. The molecule has 1 aliphatic heterocycles. The highest BCUT2D eigenvalue weighted by Crippen LogP contribution is 2.22. The molecule has 1 amide bonds. The Labute approximate surface area is 142 Å². The predicted octanol–water partition coefficient (Wildman–Crippen LogP) is 3.02. The molecule has 1 fully saturated rings. The number of nitrogens with zero attached hydrogens (tertiary/aromatic N) is 2. The van der Waals surface area contributed by atoms with Crippen molar-refractivity contribution in [2.24, 2.45) is 0 Å². The van der Waals surface area contributed by atoms with Gasteiger partial charge in [-0.25, -0.2) is 4.39 Å². The molecule has 23 heavy (non-hydrogen) atoms. The Balaban J connectivity index is 1.56. The molecule has 0 aliphatic carbocycles. The molecule has 1 saturated heterocycles. The molecule has 5 nitrogen and oxygen atoms in total. The Morgan fingerprint density at radius 1 is 1.35 bits per heavy atom. The number of H-pyrrole nitrogens is 1. The second-order valence-corrected chi connectivity index (χ2v) is 6.52. The molecule has 7 heteroatoms. The van der Waals surface area contributed by atoms with Crippen LogP contribution in [0.5, 0.6) is 0 Å². The number of anilines is 1. The lowest BCUT2D eigenvalue weighted by Crippen LogP contribution is -2.44. The van der Waals surface area contributed by atoms with Gasteiger partial charge in [0.05, 0.1) is 4.47 Å². The molecule has 0 radical (unpaired) electrons. The van der Waals surface area contributed by atoms with Gasteiger partial charge in [-0.05, 0) is 60.0 Å². The second kappa shape index (κ2) is 6.70. The van der Waals surface area contributed by atoms with Crippen LogP contribution >= 0.6 is 15.9 Å². The Bertz CT molecular complexity index is 693. The van der Waals surface area contributed by atoms with Gasteiger partial charge in [0.2, 0.25) is 0 Å². The van der Waals surface area contributed by atoms with E-state index >= 15 is 0 Å². The monoisotopic (exact) mass is 380 g/mol. The topological polar surface area (TPSA) is 61.0 Å². The van der Waals surface area contributed by atoms with Gasteiger partial charge in [0, 0.05) is 30.5 Å². The van der Waals surface area contributed by atoms with Gasteiger partial charge in [-0.1, -0.05) is 0 Å². The standard InChI is InChI=1S/C16H18BrFN4O/c1-10-14(17)15(21-20-10)16(23)19-12-6-8-22(9-7-12)13-4-2-11(18)3-5-13/h2-5,12H,6-9H2,1H3,(H,19,23)(H,20,21). The average Bonchev–Trinajstić information content (AvgIpc) is 2.89. The number of carbonyl (C=O) groups excluding carboxylic acids is 1. The number of hydrogen-bond acceptors (Lipinski definition) is 3. The number of halogens is 2. The molecule has 1 aromatic heterocycles. The van der Waals surface area contributed by atoms with Crippen LogP contribution in [0, 0.1) is 12.7 Å². The predicted molar refractivity (Wildman–Crippen MR) is 90.1 cm³/mol. The molecule has 0 atom stereocenters. The van der Waals surface area contributed by atoms with Crippen molar-refractivity contribution in [3.8, 4) is 0 Å². The summed E-state index contributed by atoms with van der Waals surface area (Å²) < 4.78 is 13.7. The van der Waals surface area contributed by atoms with Gasteiger partial charge >= 0.3 is 0 Å². The van der Waals surface area contributed by atoms with Gasteiger partial charge in [-0.3, -0.25) is 9.89 Å². The van der Waals surface area contributed by atoms with E-state index in [9.17, 15) is 9.18 Å². The highest BCUT2D eigenvalue weighted by molar-refractivity contribution is 9.10. The Morgan fingerprint density at radius 2 is 2.00 bits per heavy atom. The fraction of sp³-hybridized carbons (Fsp3) is 0.375. The zero-order valence-corrected chi connectivity index (χ0v) is 14.4. The third-order valence-electron chi connectivity index (χ3n) is 4.11. The van der Waals surface area contributed by atoms with E-state index in [-0.39, 0.29) is 17.8 Å². The summed E-state index contributed by atoms with van der Waals surface area (Å²) in [6.07, 6.45) is 1.70. The molecule has 0 saturated carbocycles. The Kier molecular flexibility index (Phi) is 4.66. The van der Waals surface area contributed by atoms with E-state index < -0.39 is 0 Å². The van der Waals surface area contributed by atoms with Gasteiger partial charge in [0.15, 0.2) is 5.69 Å². The molecular weight excluding hydrogens is 363 g/mol. The number of aryl methyl sites for hydroxylation is 1. The average molecular weight is 381 g/mol. The first kappa shape index (κ1) is 16.0. The number of hydrogen-bond donors (Lipinski definition) is 2. The molecule has 0 spiro atoms. The first-order valence-corrected chi connectivity index (χ1v) is 8.35. The van der Waals surface area contributed by atoms with Crippen LogP contribution in [0.15, 0.2) is 28.7 Å². The maximum absolute atomic E-state index is 13.0. The number of aromatic amines is 1. The third kappa shape index (κ3) is 3.55. The Morgan fingerprint density at radius 3 is 2.57 bits per heavy atom. The van der Waals surface area contributed by atoms with Crippen molar-refractivity contribution >= 4 is 27.5 Å². The van der Waals surface area contributed by atoms with E-state index in [1.165, 1.54) is 12.1 Å². The largest absolute Gasteiger partial charge is 0.371 e. The quantitative estimate of drug-likeness (QED) is 0.860. The van der Waals surface area contributed by atoms with Gasteiger partial charge < -0.3 is 10.2 Å². The van der Waals surface area contributed by atoms with E-state index in [0.29, 0.717) is 10.2 Å². The molecule has 122 valence electrons. The van der Waals surface area contributed by atoms with Gasteiger partial charge in [-0.2, -0.15) is 5.10 Å². The molecule has 0 unspecified atom stereocenters. The minimum absolute atomic E-state index is 0.128. The number of aromatic nitrogens is 2. The summed E-state index contributed by atoms with van der Waals surface area (Å²) in [7, 11) is 0. The first-order chi connectivity index (χ1) is 11.0. The van der Waals surface area contributed by atoms with Crippen LogP contribution in [-0.2, 0) is 0 Å². The fourth-order valence-electron chi connectivity index (χ4n) is 2.75. The van der Waals surface area contributed by atoms with Crippen molar-refractivity contribution in [3.05, 3.63) is 45.9 Å². The van der Waals surface area contributed by atoms with Crippen LogP contribution in [-0.4, -0.2) is 35.2 Å². The zero-order valence-electron chi connectivity index (χ0n) is 12.8. The summed E-state index contributed by atoms with van der Waals surface area (Å²) >= 11 is 3.37. The lowest BCUT2D eigenvalue weighted by molar-refractivity contribution is 0.0925. The molecule has 1 aromatic carbocycles. The molecule has 3 rings (SSSR count). The van der Waals surface area contributed by atoms with Crippen molar-refractivity contribution in [1.82, 2.24) is 15.5 Å². The van der Waals surface area contributed by atoms with Crippen molar-refractivity contribution in [1.29, 1.82) is 0 Å². The maximum Gasteiger partial charge on any atom is 0.273 e. The smallest absolute Gasteiger partial charge is 0.273 e. The highest BCUT2D eigenvalue weighted by Gasteiger charge is 2.23. The van der Waals surface area contributed by atoms with Gasteiger partial charge in [0.1, 0.15) is 5.82 Å². The zero-order chi connectivity index (χ0) is 16.4. The molecule has 1 aliphatic rings. The molecule has 2 aromatic rings. The molecule has 0 bridgehead atoms. The molecule has 2 N–H and O–H groups in total. The van der Waals surface area contributed by atoms with Crippen molar-refractivity contribution in [2.45, 2.75) is 25.8 Å². The lowest BCUT2D eigenvalue weighted by Gasteiger charge is -2.33. The van der Waals surface area contributed by atoms with Gasteiger partial charge in [0.25, 0.3) is 5.91 Å². The molecular formula is C16H18BrFN4O. The van der Waals surface area contributed by atoms with Crippen LogP contribution in [0.25, 0.3) is 0 Å². The van der Waals surface area contributed by atoms with Crippen LogP contribution in [0.4, 0.5) is 10.1 Å². The molecule has 2 heterocycles. The van der Waals surface area contributed by atoms with Gasteiger partial charge in [-0.15, -0.1) is 0 Å². The van der Waals surface area contributed by atoms with E-state index in [4.69, 9.17) is 0 Å². The van der Waals surface area contributed by atoms with Crippen LogP contribution < -0.4 is 10.2 Å². The number of amides is 1. The maximum atomic E-state index is 13.0. The minimum atomic E-state index is -0.226. The van der Waals surface area contributed by atoms with E-state index in [1.807, 2.05) is 6.92 Å². The minimum Gasteiger partial charge on any atom is -0.371 e. The lowest BCUT2D eigenvalue weighted by atomic mass is 10.0. The van der Waals surface area contributed by atoms with Crippen molar-refractivity contribution in [2.75, 3.05) is 18.0 Å². The van der Waals surface area contributed by atoms with E-state index in [0.717, 1.165) is 37.3 Å². The summed E-state index contributed by atoms with van der Waals surface area (Å²) in [6, 6.07) is 6.65. The van der Waals surface area contributed by atoms with Crippen LogP contribution in [0.3, 0.4) is 0 Å². The SMILES string of the molecule is Cc1[nH]nc(C(=O)NC2CCN(c3ccc(F)cc3)CC2)c1Br. The number of piperidine rings is 1. The number of carbonyl (C=O) groups is 1. The summed E-state index contributed by atoms with van der Waals surface area (Å²) in [5, 5.41) is 9.85.